The van der Waals surface area contributed by atoms with E-state index in [1.54, 1.807) is 7.11 Å². The van der Waals surface area contributed by atoms with Crippen LogP contribution in [0.5, 0.6) is 11.5 Å². The van der Waals surface area contributed by atoms with Gasteiger partial charge in [0.1, 0.15) is 6.61 Å². The third-order valence-electron chi connectivity index (χ3n) is 4.82. The summed E-state index contributed by atoms with van der Waals surface area (Å²) in [7, 11) is 1.64. The molecule has 2 N–H and O–H groups in total. The molecule has 3 aromatic rings. The van der Waals surface area contributed by atoms with Crippen molar-refractivity contribution >= 4 is 33.2 Å². The van der Waals surface area contributed by atoms with Crippen molar-refractivity contribution in [3.05, 3.63) is 82.3 Å². The molecule has 0 unspecified atom stereocenters. The van der Waals surface area contributed by atoms with Crippen LogP contribution in [-0.4, -0.2) is 13.0 Å². The van der Waals surface area contributed by atoms with E-state index in [4.69, 9.17) is 9.47 Å². The molecular weight excluding hydrogens is 468 g/mol. The number of carbonyl (C=O) groups is 1. The molecule has 0 heterocycles. The Morgan fingerprint density at radius 2 is 1.75 bits per heavy atom. The van der Waals surface area contributed by atoms with Gasteiger partial charge < -0.3 is 20.1 Å². The quantitative estimate of drug-likeness (QED) is 0.330. The lowest BCUT2D eigenvalue weighted by atomic mass is 10.1. The number of ether oxygens (including phenoxy) is 2. The molecule has 0 radical (unpaired) electrons. The summed E-state index contributed by atoms with van der Waals surface area (Å²) in [6, 6.07) is 21.6. The van der Waals surface area contributed by atoms with Crippen LogP contribution in [0.25, 0.3) is 0 Å². The highest BCUT2D eigenvalue weighted by Crippen LogP contribution is 2.37. The predicted octanol–water partition coefficient (Wildman–Crippen LogP) is 6.63. The first kappa shape index (κ1) is 23.7. The Labute approximate surface area is 198 Å². The maximum Gasteiger partial charge on any atom is 0.224 e. The second-order valence-corrected chi connectivity index (χ2v) is 8.77. The van der Waals surface area contributed by atoms with Crippen molar-refractivity contribution in [2.45, 2.75) is 33.4 Å². The first-order chi connectivity index (χ1) is 15.5. The minimum absolute atomic E-state index is 0.0179. The molecule has 1 amide bonds. The lowest BCUT2D eigenvalue weighted by Gasteiger charge is -2.18. The number of hydrogen-bond acceptors (Lipinski definition) is 4. The Bertz CT molecular complexity index is 1040. The first-order valence-electron chi connectivity index (χ1n) is 10.6. The first-order valence-corrected chi connectivity index (χ1v) is 11.4. The van der Waals surface area contributed by atoms with Crippen LogP contribution in [0, 0.1) is 5.92 Å². The second kappa shape index (κ2) is 11.6. The van der Waals surface area contributed by atoms with E-state index in [9.17, 15) is 4.79 Å². The van der Waals surface area contributed by atoms with Gasteiger partial charge in [0.2, 0.25) is 5.91 Å². The number of carbonyl (C=O) groups excluding carboxylic acids is 1. The van der Waals surface area contributed by atoms with Crippen LogP contribution in [0.1, 0.15) is 31.4 Å². The fourth-order valence-corrected chi connectivity index (χ4v) is 3.73. The molecule has 0 atom stereocenters. The number of amides is 1. The summed E-state index contributed by atoms with van der Waals surface area (Å²) in [6.45, 7) is 5.02. The van der Waals surface area contributed by atoms with Crippen molar-refractivity contribution in [3.8, 4) is 11.5 Å². The summed E-state index contributed by atoms with van der Waals surface area (Å²) in [6.07, 6.45) is 0.497. The number of nitrogens with one attached hydrogen (secondary N) is 2. The summed E-state index contributed by atoms with van der Waals surface area (Å²) in [4.78, 5) is 12.1. The summed E-state index contributed by atoms with van der Waals surface area (Å²) < 4.78 is 12.7. The van der Waals surface area contributed by atoms with Crippen LogP contribution >= 0.6 is 15.9 Å². The van der Waals surface area contributed by atoms with Crippen molar-refractivity contribution in [2.75, 3.05) is 17.7 Å². The van der Waals surface area contributed by atoms with Gasteiger partial charge in [-0.05, 0) is 41.8 Å². The number of rotatable bonds is 10. The van der Waals surface area contributed by atoms with E-state index in [2.05, 4.69) is 26.6 Å². The van der Waals surface area contributed by atoms with Crippen molar-refractivity contribution in [1.82, 2.24) is 0 Å². The van der Waals surface area contributed by atoms with Crippen LogP contribution in [-0.2, 0) is 17.9 Å². The zero-order chi connectivity index (χ0) is 22.9. The van der Waals surface area contributed by atoms with Crippen molar-refractivity contribution < 1.29 is 14.3 Å². The molecule has 0 aliphatic rings. The van der Waals surface area contributed by atoms with E-state index in [0.717, 1.165) is 27.0 Å². The molecule has 0 saturated heterocycles. The topological polar surface area (TPSA) is 59.6 Å². The average molecular weight is 497 g/mol. The van der Waals surface area contributed by atoms with Gasteiger partial charge in [-0.25, -0.2) is 0 Å². The summed E-state index contributed by atoms with van der Waals surface area (Å²) in [5.41, 5.74) is 3.70. The molecule has 0 saturated carbocycles. The highest BCUT2D eigenvalue weighted by molar-refractivity contribution is 9.10. The van der Waals surface area contributed by atoms with Gasteiger partial charge in [0.25, 0.3) is 0 Å². The number of methoxy groups -OCH3 is 1. The highest BCUT2D eigenvalue weighted by Gasteiger charge is 2.15. The molecule has 0 aliphatic carbocycles. The van der Waals surface area contributed by atoms with Crippen LogP contribution in [0.4, 0.5) is 11.4 Å². The van der Waals surface area contributed by atoms with E-state index in [0.29, 0.717) is 37.0 Å². The van der Waals surface area contributed by atoms with Gasteiger partial charge in [0.15, 0.2) is 11.5 Å². The van der Waals surface area contributed by atoms with Crippen LogP contribution in [0.3, 0.4) is 0 Å². The maximum atomic E-state index is 12.1. The Hall–Kier alpha value is -2.99. The molecule has 6 heteroatoms. The van der Waals surface area contributed by atoms with Crippen LogP contribution in [0.2, 0.25) is 0 Å². The molecule has 0 spiro atoms. The Kier molecular flexibility index (Phi) is 8.56. The number of anilines is 2. The molecule has 5 nitrogen and oxygen atoms in total. The van der Waals surface area contributed by atoms with Crippen molar-refractivity contribution in [3.63, 3.8) is 0 Å². The molecule has 3 aromatic carbocycles. The lowest BCUT2D eigenvalue weighted by molar-refractivity contribution is -0.116. The van der Waals surface area contributed by atoms with Gasteiger partial charge in [-0.1, -0.05) is 66.2 Å². The number of halogens is 1. The largest absolute Gasteiger partial charge is 0.493 e. The zero-order valence-electron chi connectivity index (χ0n) is 18.7. The molecule has 168 valence electrons. The third kappa shape index (κ3) is 6.76. The highest BCUT2D eigenvalue weighted by atomic mass is 79.9. The third-order valence-corrected chi connectivity index (χ3v) is 5.57. The standard InChI is InChI=1S/C26H29BrN2O3/c1-18(2)14-25(30)29-21-11-7-10-20(15-21)28-16-22-23(27)12-13-24(31-3)26(22)32-17-19-8-5-4-6-9-19/h4-13,15,18,28H,14,16-17H2,1-3H3,(H,29,30). The van der Waals surface area contributed by atoms with Crippen LogP contribution < -0.4 is 20.1 Å². The number of hydrogen-bond donors (Lipinski definition) is 2. The van der Waals surface area contributed by atoms with Gasteiger partial charge in [-0.15, -0.1) is 0 Å². The fraction of sp³-hybridized carbons (Fsp3) is 0.269. The Balaban J connectivity index is 1.74. The van der Waals surface area contributed by atoms with Gasteiger partial charge in [-0.2, -0.15) is 0 Å². The maximum absolute atomic E-state index is 12.1. The van der Waals surface area contributed by atoms with E-state index >= 15 is 0 Å². The van der Waals surface area contributed by atoms with E-state index < -0.39 is 0 Å². The molecule has 0 bridgehead atoms. The van der Waals surface area contributed by atoms with Gasteiger partial charge in [-0.3, -0.25) is 4.79 Å². The minimum atomic E-state index is 0.0179. The normalized spacial score (nSPS) is 10.7. The van der Waals surface area contributed by atoms with E-state index in [-0.39, 0.29) is 5.91 Å². The van der Waals surface area contributed by atoms with Gasteiger partial charge in [0.05, 0.1) is 7.11 Å². The Morgan fingerprint density at radius 3 is 2.47 bits per heavy atom. The van der Waals surface area contributed by atoms with E-state index in [1.165, 1.54) is 0 Å². The summed E-state index contributed by atoms with van der Waals surface area (Å²) in [5.74, 6) is 1.70. The predicted molar refractivity (Wildman–Crippen MR) is 133 cm³/mol. The van der Waals surface area contributed by atoms with Crippen LogP contribution in [0.15, 0.2) is 71.2 Å². The van der Waals surface area contributed by atoms with E-state index in [1.807, 2.05) is 80.6 Å². The average Bonchev–Trinajstić information content (AvgIpc) is 2.77. The second-order valence-electron chi connectivity index (χ2n) is 7.91. The zero-order valence-corrected chi connectivity index (χ0v) is 20.2. The number of benzene rings is 3. The molecular formula is C26H29BrN2O3. The smallest absolute Gasteiger partial charge is 0.224 e. The molecule has 0 fully saturated rings. The molecule has 3 rings (SSSR count). The summed E-state index contributed by atoms with van der Waals surface area (Å²) in [5, 5.41) is 6.39. The van der Waals surface area contributed by atoms with Gasteiger partial charge >= 0.3 is 0 Å². The van der Waals surface area contributed by atoms with Gasteiger partial charge in [0, 0.05) is 34.4 Å². The SMILES string of the molecule is COc1ccc(Br)c(CNc2cccc(NC(=O)CC(C)C)c2)c1OCc1ccccc1. The molecule has 32 heavy (non-hydrogen) atoms. The van der Waals surface area contributed by atoms with Crippen molar-refractivity contribution in [2.24, 2.45) is 5.92 Å². The molecule has 0 aromatic heterocycles. The monoisotopic (exact) mass is 496 g/mol. The molecule has 0 aliphatic heterocycles. The Morgan fingerprint density at radius 1 is 1.00 bits per heavy atom. The van der Waals surface area contributed by atoms with Crippen molar-refractivity contribution in [1.29, 1.82) is 0 Å². The lowest BCUT2D eigenvalue weighted by Crippen LogP contribution is -2.14. The summed E-state index contributed by atoms with van der Waals surface area (Å²) >= 11 is 3.65. The minimum Gasteiger partial charge on any atom is -0.493 e. The fourth-order valence-electron chi connectivity index (χ4n) is 3.28.